The Morgan fingerprint density at radius 1 is 1.17 bits per heavy atom. The van der Waals surface area contributed by atoms with E-state index in [0.717, 1.165) is 25.2 Å². The van der Waals surface area contributed by atoms with Crippen LogP contribution in [0, 0.1) is 5.92 Å². The van der Waals surface area contributed by atoms with Crippen LogP contribution in [0.3, 0.4) is 0 Å². The summed E-state index contributed by atoms with van der Waals surface area (Å²) in [6.45, 7) is 2.15. The van der Waals surface area contributed by atoms with Crippen LogP contribution in [-0.2, 0) is 4.79 Å². The van der Waals surface area contributed by atoms with Crippen molar-refractivity contribution in [3.8, 4) is 0 Å². The van der Waals surface area contributed by atoms with Gasteiger partial charge in [-0.3, -0.25) is 24.3 Å². The average Bonchev–Trinajstić information content (AvgIpc) is 2.74. The van der Waals surface area contributed by atoms with Gasteiger partial charge in [-0.2, -0.15) is 0 Å². The van der Waals surface area contributed by atoms with Crippen LogP contribution in [0.1, 0.15) is 34.6 Å². The summed E-state index contributed by atoms with van der Waals surface area (Å²) >= 11 is 0. The lowest BCUT2D eigenvalue weighted by molar-refractivity contribution is -0.122. The van der Waals surface area contributed by atoms with E-state index in [1.165, 1.54) is 0 Å². The molecular formula is C21H25N5O3. The fourth-order valence-electron chi connectivity index (χ4n) is 4.59. The molecule has 2 aliphatic rings. The Labute approximate surface area is 168 Å². The molecule has 2 aliphatic heterocycles. The molecule has 4 heterocycles. The molecule has 152 valence electrons. The number of piperidine rings is 1. The molecule has 2 N–H and O–H groups in total. The number of nitrogens with zero attached hydrogens (tertiary/aromatic N) is 3. The molecule has 1 fully saturated rings. The number of nitrogens with one attached hydrogen (secondary N) is 2. The highest BCUT2D eigenvalue weighted by Crippen LogP contribution is 2.40. The van der Waals surface area contributed by atoms with Gasteiger partial charge in [-0.25, -0.2) is 0 Å². The number of carbonyl (C=O) groups excluding carboxylic acids is 2. The lowest BCUT2D eigenvalue weighted by atomic mass is 9.78. The summed E-state index contributed by atoms with van der Waals surface area (Å²) in [7, 11) is 1.64. The number of fused-ring (bicyclic) bond motifs is 4. The maximum absolute atomic E-state index is 12.7. The van der Waals surface area contributed by atoms with E-state index in [1.807, 2.05) is 10.6 Å². The van der Waals surface area contributed by atoms with Crippen molar-refractivity contribution in [2.75, 3.05) is 33.2 Å². The van der Waals surface area contributed by atoms with E-state index >= 15 is 0 Å². The smallest absolute Gasteiger partial charge is 0.269 e. The third-order valence-corrected chi connectivity index (χ3v) is 5.89. The standard InChI is InChI=1S/C21H25N5O3/c1-22-19(27)13-25-11-14-9-15(12-25)18(26-17(14)6-4-7-20(26)28)10-24-21(29)16-5-2-3-8-23-16/h2-8,14-15,18H,9-13H2,1H3,(H,22,27)(H,24,29)/t14-,15+,18+/m1/s1. The summed E-state index contributed by atoms with van der Waals surface area (Å²) in [5, 5.41) is 5.62. The first kappa shape index (κ1) is 19.3. The number of pyridine rings is 2. The molecule has 2 aromatic heterocycles. The Morgan fingerprint density at radius 2 is 2.03 bits per heavy atom. The first-order valence-corrected chi connectivity index (χ1v) is 9.90. The molecule has 0 aliphatic carbocycles. The molecule has 2 amide bonds. The summed E-state index contributed by atoms with van der Waals surface area (Å²) in [5.74, 6) is 0.108. The van der Waals surface area contributed by atoms with Crippen LogP contribution < -0.4 is 16.2 Å². The zero-order chi connectivity index (χ0) is 20.4. The molecule has 0 spiro atoms. The number of hydrogen-bond acceptors (Lipinski definition) is 5. The molecule has 3 atom stereocenters. The number of hydrogen-bond donors (Lipinski definition) is 2. The lowest BCUT2D eigenvalue weighted by Crippen LogP contribution is -2.53. The maximum Gasteiger partial charge on any atom is 0.269 e. The van der Waals surface area contributed by atoms with Crippen molar-refractivity contribution in [3.05, 3.63) is 64.3 Å². The van der Waals surface area contributed by atoms with Crippen LogP contribution in [0.15, 0.2) is 47.4 Å². The van der Waals surface area contributed by atoms with E-state index in [4.69, 9.17) is 0 Å². The van der Waals surface area contributed by atoms with Crippen LogP contribution in [0.25, 0.3) is 0 Å². The Morgan fingerprint density at radius 3 is 2.79 bits per heavy atom. The van der Waals surface area contributed by atoms with E-state index in [1.54, 1.807) is 43.6 Å². The van der Waals surface area contributed by atoms with Crippen LogP contribution in [0.5, 0.6) is 0 Å². The minimum absolute atomic E-state index is 0.0181. The van der Waals surface area contributed by atoms with Crippen molar-refractivity contribution in [2.24, 2.45) is 5.92 Å². The van der Waals surface area contributed by atoms with Crippen LogP contribution in [0.2, 0.25) is 0 Å². The van der Waals surface area contributed by atoms with E-state index in [-0.39, 0.29) is 35.3 Å². The fraction of sp³-hybridized carbons (Fsp3) is 0.429. The Balaban J connectivity index is 1.58. The van der Waals surface area contributed by atoms with Crippen molar-refractivity contribution >= 4 is 11.8 Å². The molecule has 8 heteroatoms. The topological polar surface area (TPSA) is 96.3 Å². The van der Waals surface area contributed by atoms with Gasteiger partial charge >= 0.3 is 0 Å². The van der Waals surface area contributed by atoms with Crippen LogP contribution >= 0.6 is 0 Å². The molecule has 1 saturated heterocycles. The largest absolute Gasteiger partial charge is 0.358 e. The molecule has 2 bridgehead atoms. The predicted molar refractivity (Wildman–Crippen MR) is 108 cm³/mol. The van der Waals surface area contributed by atoms with Crippen LogP contribution in [0.4, 0.5) is 0 Å². The number of likely N-dealkylation sites (N-methyl/N-ethyl adjacent to an activating group) is 1. The monoisotopic (exact) mass is 395 g/mol. The van der Waals surface area contributed by atoms with Gasteiger partial charge < -0.3 is 15.2 Å². The molecule has 0 unspecified atom stereocenters. The first-order chi connectivity index (χ1) is 14.1. The normalized spacial score (nSPS) is 23.1. The van der Waals surface area contributed by atoms with Crippen LogP contribution in [-0.4, -0.2) is 59.5 Å². The first-order valence-electron chi connectivity index (χ1n) is 9.90. The zero-order valence-electron chi connectivity index (χ0n) is 16.4. The minimum Gasteiger partial charge on any atom is -0.358 e. The van der Waals surface area contributed by atoms with Crippen molar-refractivity contribution < 1.29 is 9.59 Å². The molecule has 8 nitrogen and oxygen atoms in total. The highest BCUT2D eigenvalue weighted by molar-refractivity contribution is 5.92. The Bertz CT molecular complexity index is 958. The average molecular weight is 395 g/mol. The quantitative estimate of drug-likeness (QED) is 0.763. The summed E-state index contributed by atoms with van der Waals surface area (Å²) in [6.07, 6.45) is 2.52. The highest BCUT2D eigenvalue weighted by Gasteiger charge is 2.40. The third kappa shape index (κ3) is 3.93. The second-order valence-electron chi connectivity index (χ2n) is 7.71. The number of aromatic nitrogens is 2. The molecule has 0 radical (unpaired) electrons. The molecule has 2 aromatic rings. The second kappa shape index (κ2) is 8.16. The predicted octanol–water partition coefficient (Wildman–Crippen LogP) is 0.380. The van der Waals surface area contributed by atoms with Gasteiger partial charge in [-0.1, -0.05) is 12.1 Å². The summed E-state index contributed by atoms with van der Waals surface area (Å²) in [6, 6.07) is 10.4. The van der Waals surface area contributed by atoms with E-state index in [0.29, 0.717) is 18.8 Å². The SMILES string of the molecule is CNC(=O)CN1C[C@H]2C[C@@H](C1)[C@H](CNC(=O)c1ccccn1)n1c2cccc1=O. The van der Waals surface area contributed by atoms with Crippen molar-refractivity contribution in [1.29, 1.82) is 0 Å². The van der Waals surface area contributed by atoms with Gasteiger partial charge in [0, 0.05) is 50.6 Å². The van der Waals surface area contributed by atoms with E-state index in [9.17, 15) is 14.4 Å². The number of carbonyl (C=O) groups is 2. The van der Waals surface area contributed by atoms with Crippen molar-refractivity contribution in [3.63, 3.8) is 0 Å². The van der Waals surface area contributed by atoms with Gasteiger partial charge in [0.15, 0.2) is 0 Å². The van der Waals surface area contributed by atoms with Gasteiger partial charge in [-0.05, 0) is 30.5 Å². The molecule has 29 heavy (non-hydrogen) atoms. The van der Waals surface area contributed by atoms with Gasteiger partial charge in [-0.15, -0.1) is 0 Å². The molecule has 0 saturated carbocycles. The van der Waals surface area contributed by atoms with Crippen molar-refractivity contribution in [2.45, 2.75) is 18.4 Å². The highest BCUT2D eigenvalue weighted by atomic mass is 16.2. The number of likely N-dealkylation sites (tertiary alicyclic amines) is 1. The summed E-state index contributed by atoms with van der Waals surface area (Å²) < 4.78 is 1.84. The number of rotatable bonds is 5. The third-order valence-electron chi connectivity index (χ3n) is 5.89. The fourth-order valence-corrected chi connectivity index (χ4v) is 4.59. The van der Waals surface area contributed by atoms with E-state index < -0.39 is 0 Å². The molecule has 4 rings (SSSR count). The van der Waals surface area contributed by atoms with Gasteiger partial charge in [0.05, 0.1) is 12.6 Å². The molecule has 0 aromatic carbocycles. The summed E-state index contributed by atoms with van der Waals surface area (Å²) in [4.78, 5) is 43.3. The minimum atomic E-state index is -0.253. The second-order valence-corrected chi connectivity index (χ2v) is 7.71. The van der Waals surface area contributed by atoms with Gasteiger partial charge in [0.2, 0.25) is 5.91 Å². The summed E-state index contributed by atoms with van der Waals surface area (Å²) in [5.41, 5.74) is 1.29. The lowest BCUT2D eigenvalue weighted by Gasteiger charge is -2.46. The van der Waals surface area contributed by atoms with E-state index in [2.05, 4.69) is 20.5 Å². The van der Waals surface area contributed by atoms with Crippen molar-refractivity contribution in [1.82, 2.24) is 25.1 Å². The Hall–Kier alpha value is -3.00. The van der Waals surface area contributed by atoms with Gasteiger partial charge in [0.1, 0.15) is 5.69 Å². The number of amides is 2. The Kier molecular flexibility index (Phi) is 5.44. The maximum atomic E-state index is 12.7. The molecular weight excluding hydrogens is 370 g/mol. The zero-order valence-corrected chi connectivity index (χ0v) is 16.4. The van der Waals surface area contributed by atoms with Gasteiger partial charge in [0.25, 0.3) is 11.5 Å².